The Morgan fingerprint density at radius 2 is 2.05 bits per heavy atom. The Kier molecular flexibility index (Phi) is 4.85. The van der Waals surface area contributed by atoms with Crippen LogP contribution in [-0.2, 0) is 4.74 Å². The number of amides is 1. The molecular weight excluding hydrogens is 244 g/mol. The maximum absolute atomic E-state index is 11.6. The van der Waals surface area contributed by atoms with Crippen LogP contribution in [0.2, 0.25) is 0 Å². The number of aliphatic hydroxyl groups excluding tert-OH is 1. The zero-order chi connectivity index (χ0) is 14.8. The number of hydrogen-bond acceptors (Lipinski definition) is 4. The molecular formula is C14H28N2O3. The largest absolute Gasteiger partial charge is 0.444 e. The summed E-state index contributed by atoms with van der Waals surface area (Å²) in [6.45, 7) is 12.2. The highest BCUT2D eigenvalue weighted by atomic mass is 16.6. The summed E-state index contributed by atoms with van der Waals surface area (Å²) in [7, 11) is 0. The minimum absolute atomic E-state index is 0.0107. The van der Waals surface area contributed by atoms with Crippen molar-refractivity contribution in [2.75, 3.05) is 6.54 Å². The summed E-state index contributed by atoms with van der Waals surface area (Å²) in [5.41, 5.74) is -0.567. The summed E-state index contributed by atoms with van der Waals surface area (Å²) in [4.78, 5) is 11.6. The average molecular weight is 272 g/mol. The lowest BCUT2D eigenvalue weighted by atomic mass is 9.64. The van der Waals surface area contributed by atoms with Gasteiger partial charge in [-0.15, -0.1) is 0 Å². The van der Waals surface area contributed by atoms with Crippen LogP contribution in [0, 0.1) is 5.41 Å². The summed E-state index contributed by atoms with van der Waals surface area (Å²) in [6, 6.07) is 0.286. The van der Waals surface area contributed by atoms with E-state index < -0.39 is 11.7 Å². The molecule has 3 unspecified atom stereocenters. The fourth-order valence-electron chi connectivity index (χ4n) is 2.13. The summed E-state index contributed by atoms with van der Waals surface area (Å²) in [5.74, 6) is 0. The number of aliphatic hydroxyl groups is 1. The molecule has 112 valence electrons. The molecule has 0 aromatic rings. The molecule has 0 aromatic carbocycles. The van der Waals surface area contributed by atoms with Crippen molar-refractivity contribution in [1.82, 2.24) is 10.6 Å². The maximum atomic E-state index is 11.6. The van der Waals surface area contributed by atoms with Gasteiger partial charge in [0.05, 0.1) is 6.10 Å². The first kappa shape index (κ1) is 16.2. The molecule has 0 bridgehead atoms. The van der Waals surface area contributed by atoms with E-state index in [1.54, 1.807) is 0 Å². The van der Waals surface area contributed by atoms with Crippen LogP contribution in [-0.4, -0.2) is 41.5 Å². The molecule has 1 rings (SSSR count). The number of carbonyl (C=O) groups is 1. The second-order valence-corrected chi connectivity index (χ2v) is 7.08. The van der Waals surface area contributed by atoms with E-state index in [0.29, 0.717) is 12.6 Å². The molecule has 5 nitrogen and oxygen atoms in total. The SMILES string of the molecule is CC(CNC1CC(O)C1(C)C)NC(=O)OC(C)(C)C. The predicted molar refractivity (Wildman–Crippen MR) is 75.0 cm³/mol. The Morgan fingerprint density at radius 3 is 2.47 bits per heavy atom. The van der Waals surface area contributed by atoms with Crippen molar-refractivity contribution in [2.45, 2.75) is 71.8 Å². The van der Waals surface area contributed by atoms with Gasteiger partial charge in [0.15, 0.2) is 0 Å². The lowest BCUT2D eigenvalue weighted by molar-refractivity contribution is -0.0727. The summed E-state index contributed by atoms with van der Waals surface area (Å²) >= 11 is 0. The molecule has 1 amide bonds. The Hall–Kier alpha value is -0.810. The van der Waals surface area contributed by atoms with Gasteiger partial charge in [0.1, 0.15) is 5.60 Å². The zero-order valence-corrected chi connectivity index (χ0v) is 12.9. The molecule has 0 heterocycles. The van der Waals surface area contributed by atoms with Gasteiger partial charge in [-0.2, -0.15) is 0 Å². The summed E-state index contributed by atoms with van der Waals surface area (Å²) < 4.78 is 5.20. The van der Waals surface area contributed by atoms with Gasteiger partial charge in [-0.05, 0) is 34.1 Å². The van der Waals surface area contributed by atoms with Gasteiger partial charge in [0.25, 0.3) is 0 Å². The van der Waals surface area contributed by atoms with Crippen molar-refractivity contribution in [3.8, 4) is 0 Å². The average Bonchev–Trinajstić information content (AvgIpc) is 2.20. The van der Waals surface area contributed by atoms with Crippen molar-refractivity contribution < 1.29 is 14.6 Å². The third kappa shape index (κ3) is 4.66. The normalized spacial score (nSPS) is 27.3. The lowest BCUT2D eigenvalue weighted by Crippen LogP contribution is -2.61. The third-order valence-electron chi connectivity index (χ3n) is 3.65. The van der Waals surface area contributed by atoms with Crippen LogP contribution in [0.25, 0.3) is 0 Å². The molecule has 1 saturated carbocycles. The number of rotatable bonds is 4. The van der Waals surface area contributed by atoms with E-state index in [2.05, 4.69) is 10.6 Å². The van der Waals surface area contributed by atoms with Crippen LogP contribution in [0.15, 0.2) is 0 Å². The quantitative estimate of drug-likeness (QED) is 0.728. The van der Waals surface area contributed by atoms with E-state index in [0.717, 1.165) is 6.42 Å². The molecule has 1 aliphatic rings. The number of carbonyl (C=O) groups excluding carboxylic acids is 1. The fourth-order valence-corrected chi connectivity index (χ4v) is 2.13. The number of hydrogen-bond donors (Lipinski definition) is 3. The molecule has 3 atom stereocenters. The van der Waals surface area contributed by atoms with Crippen LogP contribution in [0.1, 0.15) is 48.0 Å². The standard InChI is InChI=1S/C14H28N2O3/c1-9(16-12(18)19-13(2,3)4)8-15-10-7-11(17)14(10,5)6/h9-11,15,17H,7-8H2,1-6H3,(H,16,18). The molecule has 3 N–H and O–H groups in total. The maximum Gasteiger partial charge on any atom is 0.407 e. The lowest BCUT2D eigenvalue weighted by Gasteiger charge is -2.50. The van der Waals surface area contributed by atoms with Gasteiger partial charge in [-0.3, -0.25) is 0 Å². The summed E-state index contributed by atoms with van der Waals surface area (Å²) in [5, 5.41) is 15.8. The molecule has 5 heteroatoms. The first-order valence-electron chi connectivity index (χ1n) is 6.93. The smallest absolute Gasteiger partial charge is 0.407 e. The zero-order valence-electron chi connectivity index (χ0n) is 12.9. The molecule has 0 aliphatic heterocycles. The van der Waals surface area contributed by atoms with E-state index in [1.165, 1.54) is 0 Å². The highest BCUT2D eigenvalue weighted by molar-refractivity contribution is 5.68. The van der Waals surface area contributed by atoms with E-state index in [4.69, 9.17) is 4.74 Å². The highest BCUT2D eigenvalue weighted by Gasteiger charge is 2.46. The van der Waals surface area contributed by atoms with Gasteiger partial charge in [-0.1, -0.05) is 13.8 Å². The van der Waals surface area contributed by atoms with Crippen LogP contribution in [0.3, 0.4) is 0 Å². The molecule has 0 spiro atoms. The number of alkyl carbamates (subject to hydrolysis) is 1. The Labute approximate surface area is 116 Å². The first-order valence-corrected chi connectivity index (χ1v) is 6.93. The minimum Gasteiger partial charge on any atom is -0.444 e. The molecule has 0 aromatic heterocycles. The second-order valence-electron chi connectivity index (χ2n) is 7.08. The van der Waals surface area contributed by atoms with E-state index >= 15 is 0 Å². The Morgan fingerprint density at radius 1 is 1.47 bits per heavy atom. The van der Waals surface area contributed by atoms with Crippen LogP contribution < -0.4 is 10.6 Å². The van der Waals surface area contributed by atoms with Crippen molar-refractivity contribution in [2.24, 2.45) is 5.41 Å². The molecule has 1 aliphatic carbocycles. The van der Waals surface area contributed by atoms with E-state index in [9.17, 15) is 9.90 Å². The third-order valence-corrected chi connectivity index (χ3v) is 3.65. The van der Waals surface area contributed by atoms with Gasteiger partial charge in [-0.25, -0.2) is 4.79 Å². The van der Waals surface area contributed by atoms with Crippen LogP contribution >= 0.6 is 0 Å². The fraction of sp³-hybridized carbons (Fsp3) is 0.929. The Bertz CT molecular complexity index is 323. The number of nitrogens with one attached hydrogen (secondary N) is 2. The van der Waals surface area contributed by atoms with Gasteiger partial charge >= 0.3 is 6.09 Å². The van der Waals surface area contributed by atoms with Crippen molar-refractivity contribution in [3.05, 3.63) is 0 Å². The molecule has 0 radical (unpaired) electrons. The first-order chi connectivity index (χ1) is 8.52. The van der Waals surface area contributed by atoms with Crippen molar-refractivity contribution in [3.63, 3.8) is 0 Å². The van der Waals surface area contributed by atoms with E-state index in [-0.39, 0.29) is 17.6 Å². The van der Waals surface area contributed by atoms with Crippen LogP contribution in [0.4, 0.5) is 4.79 Å². The van der Waals surface area contributed by atoms with Crippen LogP contribution in [0.5, 0.6) is 0 Å². The topological polar surface area (TPSA) is 70.6 Å². The van der Waals surface area contributed by atoms with Crippen molar-refractivity contribution >= 4 is 6.09 Å². The molecule has 0 saturated heterocycles. The summed E-state index contributed by atoms with van der Waals surface area (Å²) in [6.07, 6.45) is 0.139. The van der Waals surface area contributed by atoms with Gasteiger partial charge in [0, 0.05) is 24.0 Å². The molecule has 1 fully saturated rings. The number of ether oxygens (including phenoxy) is 1. The van der Waals surface area contributed by atoms with Crippen molar-refractivity contribution in [1.29, 1.82) is 0 Å². The molecule has 19 heavy (non-hydrogen) atoms. The van der Waals surface area contributed by atoms with Gasteiger partial charge < -0.3 is 20.5 Å². The monoisotopic (exact) mass is 272 g/mol. The predicted octanol–water partition coefficient (Wildman–Crippen LogP) is 1.65. The highest BCUT2D eigenvalue weighted by Crippen LogP contribution is 2.40. The Balaban J connectivity index is 2.26. The van der Waals surface area contributed by atoms with E-state index in [1.807, 2.05) is 41.5 Å². The second kappa shape index (κ2) is 5.67. The minimum atomic E-state index is -0.475. The van der Waals surface area contributed by atoms with Gasteiger partial charge in [0.2, 0.25) is 0 Å².